The van der Waals surface area contributed by atoms with Gasteiger partial charge in [0.2, 0.25) is 11.8 Å². The van der Waals surface area contributed by atoms with Crippen molar-refractivity contribution in [1.82, 2.24) is 10.6 Å². The normalized spacial score (nSPS) is 13.0. The van der Waals surface area contributed by atoms with Crippen LogP contribution in [-0.2, 0) is 23.9 Å². The number of ether oxygens (including phenoxy) is 1. The predicted octanol–water partition coefficient (Wildman–Crippen LogP) is -0.966. The minimum absolute atomic E-state index is 0.0828. The van der Waals surface area contributed by atoms with Crippen molar-refractivity contribution in [3.63, 3.8) is 0 Å². The molecule has 2 amide bonds. The van der Waals surface area contributed by atoms with E-state index in [1.165, 1.54) is 21.0 Å². The van der Waals surface area contributed by atoms with Crippen LogP contribution in [0.4, 0.5) is 0 Å². The smallest absolute Gasteiger partial charge is 0.326 e. The van der Waals surface area contributed by atoms with E-state index in [1.54, 1.807) is 0 Å². The fourth-order valence-corrected chi connectivity index (χ4v) is 1.29. The summed E-state index contributed by atoms with van der Waals surface area (Å²) in [5.41, 5.74) is 0. The highest BCUT2D eigenvalue weighted by molar-refractivity contribution is 5.89. The van der Waals surface area contributed by atoms with Crippen molar-refractivity contribution in [1.29, 1.82) is 0 Å². The number of nitrogens with one attached hydrogen (secondary N) is 2. The second-order valence-electron chi connectivity index (χ2n) is 3.94. The van der Waals surface area contributed by atoms with E-state index in [0.717, 1.165) is 0 Å². The number of carbonyl (C=O) groups excluding carboxylic acids is 3. The Morgan fingerprint density at radius 1 is 1.21 bits per heavy atom. The summed E-state index contributed by atoms with van der Waals surface area (Å²) in [7, 11) is 1.19. The largest absolute Gasteiger partial charge is 0.480 e. The molecule has 0 heterocycles. The summed E-state index contributed by atoms with van der Waals surface area (Å²) < 4.78 is 4.38. The van der Waals surface area contributed by atoms with Crippen LogP contribution in [-0.4, -0.2) is 48.1 Å². The Labute approximate surface area is 110 Å². The fourth-order valence-electron chi connectivity index (χ4n) is 1.29. The minimum atomic E-state index is -1.26. The van der Waals surface area contributed by atoms with E-state index in [9.17, 15) is 19.2 Å². The van der Waals surface area contributed by atoms with Crippen LogP contribution in [0.5, 0.6) is 0 Å². The van der Waals surface area contributed by atoms with Crippen molar-refractivity contribution in [3.05, 3.63) is 0 Å². The second-order valence-corrected chi connectivity index (χ2v) is 3.94. The topological polar surface area (TPSA) is 122 Å². The molecule has 8 heteroatoms. The Hall–Kier alpha value is -2.12. The molecule has 2 atom stereocenters. The lowest BCUT2D eigenvalue weighted by molar-refractivity contribution is -0.144. The average molecular weight is 274 g/mol. The summed E-state index contributed by atoms with van der Waals surface area (Å²) in [6.07, 6.45) is -0.206. The molecule has 0 aliphatic heterocycles. The van der Waals surface area contributed by atoms with E-state index < -0.39 is 35.8 Å². The van der Waals surface area contributed by atoms with Gasteiger partial charge in [-0.15, -0.1) is 0 Å². The molecule has 0 aromatic heterocycles. The highest BCUT2D eigenvalue weighted by Gasteiger charge is 2.24. The highest BCUT2D eigenvalue weighted by Crippen LogP contribution is 2.00. The Bertz CT molecular complexity index is 368. The second kappa shape index (κ2) is 8.06. The maximum absolute atomic E-state index is 11.6. The lowest BCUT2D eigenvalue weighted by atomic mass is 10.1. The Morgan fingerprint density at radius 2 is 1.79 bits per heavy atom. The van der Waals surface area contributed by atoms with E-state index in [0.29, 0.717) is 0 Å². The van der Waals surface area contributed by atoms with Gasteiger partial charge in [-0.2, -0.15) is 0 Å². The van der Waals surface area contributed by atoms with E-state index in [2.05, 4.69) is 15.4 Å². The number of methoxy groups -OCH3 is 1. The number of amides is 2. The standard InChI is InChI=1S/C11H18N2O6/c1-6(12-7(2)14)10(16)13-8(11(17)18)4-5-9(15)19-3/h6,8H,4-5H2,1-3H3,(H,12,14)(H,13,16)(H,17,18). The first-order valence-corrected chi connectivity index (χ1v) is 5.65. The van der Waals surface area contributed by atoms with Gasteiger partial charge >= 0.3 is 11.9 Å². The molecule has 108 valence electrons. The minimum Gasteiger partial charge on any atom is -0.480 e. The number of aliphatic carboxylic acids is 1. The maximum atomic E-state index is 11.6. The Balaban J connectivity index is 4.41. The zero-order chi connectivity index (χ0) is 15.0. The van der Waals surface area contributed by atoms with Crippen LogP contribution in [0.25, 0.3) is 0 Å². The summed E-state index contributed by atoms with van der Waals surface area (Å²) in [5, 5.41) is 13.5. The third-order valence-electron chi connectivity index (χ3n) is 2.29. The summed E-state index contributed by atoms with van der Waals surface area (Å²) in [6.45, 7) is 2.67. The molecule has 0 saturated heterocycles. The van der Waals surface area contributed by atoms with Crippen molar-refractivity contribution in [2.75, 3.05) is 7.11 Å². The average Bonchev–Trinajstić information content (AvgIpc) is 2.32. The molecule has 0 saturated carbocycles. The van der Waals surface area contributed by atoms with Crippen LogP contribution in [0.1, 0.15) is 26.7 Å². The molecule has 0 bridgehead atoms. The summed E-state index contributed by atoms with van der Waals surface area (Å²) in [6, 6.07) is -2.06. The quantitative estimate of drug-likeness (QED) is 0.514. The molecule has 0 aromatic rings. The monoisotopic (exact) mass is 274 g/mol. The van der Waals surface area contributed by atoms with E-state index >= 15 is 0 Å². The molecular formula is C11H18N2O6. The third-order valence-corrected chi connectivity index (χ3v) is 2.29. The summed E-state index contributed by atoms with van der Waals surface area (Å²) in [5.74, 6) is -2.85. The Morgan fingerprint density at radius 3 is 2.21 bits per heavy atom. The maximum Gasteiger partial charge on any atom is 0.326 e. The number of carboxylic acids is 1. The molecule has 0 spiro atoms. The molecule has 0 fully saturated rings. The third kappa shape index (κ3) is 7.02. The first-order valence-electron chi connectivity index (χ1n) is 5.65. The molecule has 19 heavy (non-hydrogen) atoms. The SMILES string of the molecule is COC(=O)CCC(NC(=O)C(C)NC(C)=O)C(=O)O. The first-order chi connectivity index (χ1) is 8.77. The van der Waals surface area contributed by atoms with E-state index in [1.807, 2.05) is 0 Å². The van der Waals surface area contributed by atoms with Gasteiger partial charge < -0.3 is 20.5 Å². The van der Waals surface area contributed by atoms with Gasteiger partial charge in [0.1, 0.15) is 12.1 Å². The van der Waals surface area contributed by atoms with E-state index in [-0.39, 0.29) is 12.8 Å². The Kier molecular flexibility index (Phi) is 7.16. The zero-order valence-corrected chi connectivity index (χ0v) is 11.1. The number of rotatable bonds is 7. The number of hydrogen-bond donors (Lipinski definition) is 3. The van der Waals surface area contributed by atoms with E-state index in [4.69, 9.17) is 5.11 Å². The van der Waals surface area contributed by atoms with Crippen molar-refractivity contribution in [3.8, 4) is 0 Å². The number of esters is 1. The predicted molar refractivity (Wildman–Crippen MR) is 64.1 cm³/mol. The lowest BCUT2D eigenvalue weighted by Gasteiger charge is -2.17. The molecule has 0 aliphatic carbocycles. The summed E-state index contributed by atoms with van der Waals surface area (Å²) >= 11 is 0. The molecule has 0 rings (SSSR count). The first kappa shape index (κ1) is 16.9. The van der Waals surface area contributed by atoms with Gasteiger partial charge in [0.15, 0.2) is 0 Å². The molecule has 2 unspecified atom stereocenters. The van der Waals surface area contributed by atoms with Gasteiger partial charge in [-0.05, 0) is 13.3 Å². The van der Waals surface area contributed by atoms with Gasteiger partial charge in [0.25, 0.3) is 0 Å². The molecule has 8 nitrogen and oxygen atoms in total. The van der Waals surface area contributed by atoms with Gasteiger partial charge in [-0.1, -0.05) is 0 Å². The molecule has 0 aromatic carbocycles. The van der Waals surface area contributed by atoms with Crippen molar-refractivity contribution >= 4 is 23.8 Å². The molecular weight excluding hydrogens is 256 g/mol. The number of hydrogen-bond acceptors (Lipinski definition) is 5. The van der Waals surface area contributed by atoms with Crippen molar-refractivity contribution < 1.29 is 29.0 Å². The zero-order valence-electron chi connectivity index (χ0n) is 11.1. The van der Waals surface area contributed by atoms with Crippen molar-refractivity contribution in [2.24, 2.45) is 0 Å². The highest BCUT2D eigenvalue weighted by atomic mass is 16.5. The molecule has 3 N–H and O–H groups in total. The van der Waals surface area contributed by atoms with Crippen LogP contribution in [0.15, 0.2) is 0 Å². The van der Waals surface area contributed by atoms with Crippen molar-refractivity contribution in [2.45, 2.75) is 38.8 Å². The molecule has 0 aliphatic rings. The van der Waals surface area contributed by atoms with Crippen LogP contribution in [0, 0.1) is 0 Å². The summed E-state index contributed by atoms with van der Waals surface area (Å²) in [4.78, 5) is 44.2. The number of carboxylic acid groups (broad SMARTS) is 1. The van der Waals surface area contributed by atoms with Gasteiger partial charge in [-0.25, -0.2) is 4.79 Å². The van der Waals surface area contributed by atoms with Crippen LogP contribution >= 0.6 is 0 Å². The molecule has 0 radical (unpaired) electrons. The van der Waals surface area contributed by atoms with Crippen LogP contribution in [0.2, 0.25) is 0 Å². The lowest BCUT2D eigenvalue weighted by Crippen LogP contribution is -2.50. The number of carbonyl (C=O) groups is 4. The fraction of sp³-hybridized carbons (Fsp3) is 0.636. The van der Waals surface area contributed by atoms with Crippen LogP contribution < -0.4 is 10.6 Å². The van der Waals surface area contributed by atoms with Gasteiger partial charge in [0.05, 0.1) is 7.11 Å². The van der Waals surface area contributed by atoms with Crippen LogP contribution in [0.3, 0.4) is 0 Å². The van der Waals surface area contributed by atoms with Gasteiger partial charge in [-0.3, -0.25) is 14.4 Å². The van der Waals surface area contributed by atoms with Gasteiger partial charge in [0, 0.05) is 13.3 Å².